The second-order valence-electron chi connectivity index (χ2n) is 6.68. The maximum Gasteiger partial charge on any atom is 0.159 e. The van der Waals surface area contributed by atoms with Gasteiger partial charge in [-0.05, 0) is 18.6 Å². The highest BCUT2D eigenvalue weighted by Crippen LogP contribution is 2.16. The van der Waals surface area contributed by atoms with E-state index >= 15 is 0 Å². The van der Waals surface area contributed by atoms with Crippen LogP contribution >= 0.6 is 12.2 Å². The zero-order valence-electron chi connectivity index (χ0n) is 14.9. The van der Waals surface area contributed by atoms with E-state index in [0.29, 0.717) is 5.05 Å². The van der Waals surface area contributed by atoms with Gasteiger partial charge in [-0.1, -0.05) is 58.3 Å². The van der Waals surface area contributed by atoms with Crippen molar-refractivity contribution in [2.45, 2.75) is 95.5 Å². The van der Waals surface area contributed by atoms with Crippen LogP contribution in [0.15, 0.2) is 0 Å². The molecule has 1 saturated heterocycles. The second kappa shape index (κ2) is 13.0. The summed E-state index contributed by atoms with van der Waals surface area (Å²) in [5, 5.41) is 29.3. The van der Waals surface area contributed by atoms with Crippen LogP contribution in [0.4, 0.5) is 0 Å². The summed E-state index contributed by atoms with van der Waals surface area (Å²) >= 11 is 5.19. The molecule has 0 bridgehead atoms. The third-order valence-electron chi connectivity index (χ3n) is 4.50. The van der Waals surface area contributed by atoms with E-state index in [1.165, 1.54) is 44.9 Å². The van der Waals surface area contributed by atoms with E-state index in [1.807, 2.05) is 0 Å². The summed E-state index contributed by atoms with van der Waals surface area (Å²) in [7, 11) is 0. The molecule has 0 aliphatic carbocycles. The molecule has 3 N–H and O–H groups in total. The lowest BCUT2D eigenvalue weighted by atomic mass is 10.0. The quantitative estimate of drug-likeness (QED) is 0.366. The third-order valence-corrected chi connectivity index (χ3v) is 4.82. The maximum absolute atomic E-state index is 9.81. The summed E-state index contributed by atoms with van der Waals surface area (Å²) in [6.45, 7) is 2.34. The zero-order valence-corrected chi connectivity index (χ0v) is 15.7. The zero-order chi connectivity index (χ0) is 17.8. The lowest BCUT2D eigenvalue weighted by Crippen LogP contribution is -2.54. The minimum Gasteiger partial charge on any atom is -0.484 e. The van der Waals surface area contributed by atoms with Gasteiger partial charge in [-0.3, -0.25) is 0 Å². The lowest BCUT2D eigenvalue weighted by Gasteiger charge is -2.34. The summed E-state index contributed by atoms with van der Waals surface area (Å²) in [5.74, 6) is 0. The van der Waals surface area contributed by atoms with Crippen LogP contribution in [-0.2, 0) is 9.47 Å². The molecule has 0 unspecified atom stereocenters. The van der Waals surface area contributed by atoms with Gasteiger partial charge in [0.15, 0.2) is 5.05 Å². The molecule has 6 heteroatoms. The molecule has 0 amide bonds. The number of aliphatic hydroxyl groups excluding tert-OH is 3. The lowest BCUT2D eigenvalue weighted by molar-refractivity contribution is -0.193. The molecule has 0 saturated carbocycles. The molecule has 1 rings (SSSR count). The highest BCUT2D eigenvalue weighted by Gasteiger charge is 2.37. The van der Waals surface area contributed by atoms with Gasteiger partial charge in [0.2, 0.25) is 0 Å². The van der Waals surface area contributed by atoms with Crippen molar-refractivity contribution in [1.29, 1.82) is 0 Å². The van der Waals surface area contributed by atoms with E-state index in [9.17, 15) is 15.3 Å². The van der Waals surface area contributed by atoms with Gasteiger partial charge in [-0.15, -0.1) is 0 Å². The van der Waals surface area contributed by atoms with Crippen molar-refractivity contribution >= 4 is 17.3 Å². The van der Waals surface area contributed by atoms with Crippen LogP contribution in [0, 0.1) is 0 Å². The number of hydrogen-bond acceptors (Lipinski definition) is 6. The summed E-state index contributed by atoms with van der Waals surface area (Å²) in [4.78, 5) is 0. The average Bonchev–Trinajstić information content (AvgIpc) is 2.57. The van der Waals surface area contributed by atoms with E-state index in [-0.39, 0.29) is 13.2 Å². The standard InChI is InChI=1S/C18H34O5S/c1-2-3-4-5-6-7-8-9-10-11-16(24)23-13-15-18(21)17(20)14(19)12-22-15/h14-15,17-21H,2-13H2,1H3/t14-,15+,17+,18+/m1/s1. The number of rotatable bonds is 12. The van der Waals surface area contributed by atoms with E-state index in [2.05, 4.69) is 6.92 Å². The Morgan fingerprint density at radius 1 is 0.958 bits per heavy atom. The fraction of sp³-hybridized carbons (Fsp3) is 0.944. The molecule has 5 nitrogen and oxygen atoms in total. The van der Waals surface area contributed by atoms with Gasteiger partial charge < -0.3 is 24.8 Å². The average molecular weight is 363 g/mol. The van der Waals surface area contributed by atoms with Crippen LogP contribution in [0.25, 0.3) is 0 Å². The van der Waals surface area contributed by atoms with Crippen molar-refractivity contribution in [2.75, 3.05) is 13.2 Å². The molecule has 1 aliphatic heterocycles. The third kappa shape index (κ3) is 8.72. The number of hydrogen-bond donors (Lipinski definition) is 3. The molecule has 1 heterocycles. The Labute approximate surface area is 151 Å². The molecule has 0 spiro atoms. The monoisotopic (exact) mass is 362 g/mol. The predicted octanol–water partition coefficient (Wildman–Crippen LogP) is 2.73. The number of aliphatic hydroxyl groups is 3. The van der Waals surface area contributed by atoms with Gasteiger partial charge >= 0.3 is 0 Å². The number of unbranched alkanes of at least 4 members (excludes halogenated alkanes) is 8. The Bertz CT molecular complexity index is 339. The van der Waals surface area contributed by atoms with Crippen molar-refractivity contribution in [3.8, 4) is 0 Å². The minimum absolute atomic E-state index is 0.00271. The van der Waals surface area contributed by atoms with Crippen molar-refractivity contribution < 1.29 is 24.8 Å². The smallest absolute Gasteiger partial charge is 0.159 e. The molecule has 0 aromatic rings. The molecular formula is C18H34O5S. The van der Waals surface area contributed by atoms with Gasteiger partial charge in [0.25, 0.3) is 0 Å². The van der Waals surface area contributed by atoms with E-state index < -0.39 is 24.4 Å². The van der Waals surface area contributed by atoms with Crippen LogP contribution in [0.2, 0.25) is 0 Å². The van der Waals surface area contributed by atoms with Crippen molar-refractivity contribution in [2.24, 2.45) is 0 Å². The molecule has 1 fully saturated rings. The number of thiocarbonyl (C=S) groups is 1. The Morgan fingerprint density at radius 2 is 1.54 bits per heavy atom. The van der Waals surface area contributed by atoms with E-state index in [0.717, 1.165) is 19.3 Å². The van der Waals surface area contributed by atoms with Gasteiger partial charge in [-0.2, -0.15) is 0 Å². The summed E-state index contributed by atoms with van der Waals surface area (Å²) in [6.07, 6.45) is 8.06. The summed E-state index contributed by atoms with van der Waals surface area (Å²) < 4.78 is 10.7. The van der Waals surface area contributed by atoms with Gasteiger partial charge in [-0.25, -0.2) is 0 Å². The maximum atomic E-state index is 9.81. The molecule has 0 aromatic heterocycles. The SMILES string of the molecule is CCCCCCCCCCCC(=S)OC[C@@H]1OC[C@@H](O)[C@H](O)[C@H]1O. The predicted molar refractivity (Wildman–Crippen MR) is 98.2 cm³/mol. The molecule has 1 aliphatic rings. The van der Waals surface area contributed by atoms with Crippen molar-refractivity contribution in [3.63, 3.8) is 0 Å². The van der Waals surface area contributed by atoms with Gasteiger partial charge in [0.1, 0.15) is 31.0 Å². The Morgan fingerprint density at radius 3 is 2.17 bits per heavy atom. The van der Waals surface area contributed by atoms with Gasteiger partial charge in [0.05, 0.1) is 6.61 Å². The first-order chi connectivity index (χ1) is 11.6. The van der Waals surface area contributed by atoms with Crippen LogP contribution in [0.1, 0.15) is 71.1 Å². The fourth-order valence-corrected chi connectivity index (χ4v) is 3.05. The fourth-order valence-electron chi connectivity index (χ4n) is 2.84. The summed E-state index contributed by atoms with van der Waals surface area (Å²) in [6, 6.07) is 0. The largest absolute Gasteiger partial charge is 0.484 e. The van der Waals surface area contributed by atoms with Crippen LogP contribution < -0.4 is 0 Å². The highest BCUT2D eigenvalue weighted by atomic mass is 32.1. The highest BCUT2D eigenvalue weighted by molar-refractivity contribution is 7.80. The van der Waals surface area contributed by atoms with Crippen molar-refractivity contribution in [1.82, 2.24) is 0 Å². The normalized spacial score (nSPS) is 27.2. The van der Waals surface area contributed by atoms with Crippen LogP contribution in [-0.4, -0.2) is 58.0 Å². The Balaban J connectivity index is 1.98. The minimum atomic E-state index is -1.20. The topological polar surface area (TPSA) is 79.2 Å². The second-order valence-corrected chi connectivity index (χ2v) is 7.14. The van der Waals surface area contributed by atoms with Crippen LogP contribution in [0.5, 0.6) is 0 Å². The Hall–Kier alpha value is -0.270. The van der Waals surface area contributed by atoms with Crippen molar-refractivity contribution in [3.05, 3.63) is 0 Å². The Kier molecular flexibility index (Phi) is 11.8. The molecule has 4 atom stereocenters. The van der Waals surface area contributed by atoms with E-state index in [4.69, 9.17) is 21.7 Å². The number of ether oxygens (including phenoxy) is 2. The first kappa shape index (κ1) is 21.8. The first-order valence-electron chi connectivity index (χ1n) is 9.37. The van der Waals surface area contributed by atoms with Crippen LogP contribution in [0.3, 0.4) is 0 Å². The molecule has 142 valence electrons. The molecular weight excluding hydrogens is 328 g/mol. The van der Waals surface area contributed by atoms with E-state index in [1.54, 1.807) is 0 Å². The first-order valence-corrected chi connectivity index (χ1v) is 9.78. The van der Waals surface area contributed by atoms with Gasteiger partial charge in [0, 0.05) is 6.42 Å². The molecule has 0 aromatic carbocycles. The molecule has 0 radical (unpaired) electrons. The molecule has 24 heavy (non-hydrogen) atoms. The summed E-state index contributed by atoms with van der Waals surface area (Å²) in [5.41, 5.74) is 0.